The molecule has 0 bridgehead atoms. The number of rotatable bonds is 13. The van der Waals surface area contributed by atoms with Crippen LogP contribution < -0.4 is 15.1 Å². The summed E-state index contributed by atoms with van der Waals surface area (Å²) in [6, 6.07) is 7.78. The van der Waals surface area contributed by atoms with Crippen LogP contribution in [0.5, 0.6) is 0 Å². The van der Waals surface area contributed by atoms with Gasteiger partial charge in [-0.05, 0) is 68.7 Å². The van der Waals surface area contributed by atoms with Crippen molar-refractivity contribution in [2.75, 3.05) is 36.5 Å². The molecule has 0 saturated carbocycles. The van der Waals surface area contributed by atoms with Gasteiger partial charge in [-0.1, -0.05) is 33.1 Å². The van der Waals surface area contributed by atoms with Crippen molar-refractivity contribution in [1.82, 2.24) is 5.32 Å². The predicted octanol–water partition coefficient (Wildman–Crippen LogP) is 7.41. The number of amides is 1. The number of nitrogens with zero attached hydrogens (tertiary/aromatic N) is 2. The second-order valence-electron chi connectivity index (χ2n) is 10.2. The van der Waals surface area contributed by atoms with Crippen molar-refractivity contribution < 1.29 is 22.7 Å². The van der Waals surface area contributed by atoms with E-state index in [0.717, 1.165) is 49.7 Å². The number of hydrogen-bond donors (Lipinski definition) is 2. The number of benzene rings is 1. The minimum Gasteiger partial charge on any atom is -0.493 e. The summed E-state index contributed by atoms with van der Waals surface area (Å²) < 4.78 is 46.9. The van der Waals surface area contributed by atoms with Crippen LogP contribution in [-0.2, 0) is 9.53 Å². The lowest BCUT2D eigenvalue weighted by molar-refractivity contribution is -0.115. The van der Waals surface area contributed by atoms with Gasteiger partial charge in [-0.2, -0.15) is 13.2 Å². The summed E-state index contributed by atoms with van der Waals surface area (Å²) >= 11 is 0. The van der Waals surface area contributed by atoms with Gasteiger partial charge >= 0.3 is 6.18 Å². The van der Waals surface area contributed by atoms with Crippen molar-refractivity contribution in [3.63, 3.8) is 0 Å². The summed E-state index contributed by atoms with van der Waals surface area (Å²) in [5.41, 5.74) is 2.39. The zero-order chi connectivity index (χ0) is 29.3. The van der Waals surface area contributed by atoms with Crippen molar-refractivity contribution in [2.24, 2.45) is 0 Å². The Labute approximate surface area is 235 Å². The molecule has 1 heterocycles. The average Bonchev–Trinajstić information content (AvgIpc) is 3.13. The molecule has 0 spiro atoms. The molecule has 218 valence electrons. The van der Waals surface area contributed by atoms with E-state index in [1.54, 1.807) is 11.8 Å². The smallest absolute Gasteiger partial charge is 0.419 e. The molecule has 0 radical (unpaired) electrons. The van der Waals surface area contributed by atoms with Gasteiger partial charge in [0.2, 0.25) is 0 Å². The van der Waals surface area contributed by atoms with Gasteiger partial charge in [-0.25, -0.2) is 0 Å². The maximum absolute atomic E-state index is 13.8. The van der Waals surface area contributed by atoms with E-state index in [-0.39, 0.29) is 36.1 Å². The monoisotopic (exact) mass is 558 g/mol. The molecule has 2 N–H and O–H groups in total. The Morgan fingerprint density at radius 2 is 1.80 bits per heavy atom. The standard InChI is InChI=1S/C31H41F3N4O2/c1-5-7-9-21-40-28-17-11-23(10-16-27(28)31(32,33)34)36-29-26(22(3)35)18-20-38(30(29)39)25-14-12-24(13-15-25)37(4)19-8-6-2/h10,12-17,35-36H,5-9,11,18-21H2,1-4H3. The first-order chi connectivity index (χ1) is 19.1. The van der Waals surface area contributed by atoms with Crippen molar-refractivity contribution in [3.05, 3.63) is 70.8 Å². The van der Waals surface area contributed by atoms with Crippen LogP contribution in [0.2, 0.25) is 0 Å². The van der Waals surface area contributed by atoms with Crippen molar-refractivity contribution >= 4 is 23.0 Å². The van der Waals surface area contributed by atoms with Gasteiger partial charge in [-0.15, -0.1) is 0 Å². The highest BCUT2D eigenvalue weighted by Gasteiger charge is 2.37. The van der Waals surface area contributed by atoms with E-state index in [2.05, 4.69) is 17.1 Å². The van der Waals surface area contributed by atoms with Gasteiger partial charge in [0.25, 0.3) is 5.91 Å². The third-order valence-electron chi connectivity index (χ3n) is 7.07. The minimum absolute atomic E-state index is 0.124. The number of unbranched alkanes of at least 4 members (excludes halogenated alkanes) is 3. The van der Waals surface area contributed by atoms with E-state index in [0.29, 0.717) is 30.7 Å². The van der Waals surface area contributed by atoms with E-state index < -0.39 is 11.7 Å². The Kier molecular flexibility index (Phi) is 11.0. The molecular weight excluding hydrogens is 517 g/mol. The van der Waals surface area contributed by atoms with E-state index >= 15 is 0 Å². The molecule has 0 saturated heterocycles. The molecule has 1 amide bonds. The maximum Gasteiger partial charge on any atom is 0.419 e. The zero-order valence-electron chi connectivity index (χ0n) is 24.0. The summed E-state index contributed by atoms with van der Waals surface area (Å²) in [5, 5.41) is 11.3. The summed E-state index contributed by atoms with van der Waals surface area (Å²) in [4.78, 5) is 17.5. The van der Waals surface area contributed by atoms with Crippen LogP contribution in [0, 0.1) is 5.41 Å². The molecule has 1 aliphatic carbocycles. The Bertz CT molecular complexity index is 1180. The van der Waals surface area contributed by atoms with Crippen LogP contribution >= 0.6 is 0 Å². The molecule has 1 aromatic rings. The topological polar surface area (TPSA) is 68.7 Å². The van der Waals surface area contributed by atoms with Crippen LogP contribution in [0.3, 0.4) is 0 Å². The number of alkyl halides is 3. The molecule has 0 aromatic heterocycles. The van der Waals surface area contributed by atoms with Gasteiger partial charge in [0, 0.05) is 54.9 Å². The molecule has 0 fully saturated rings. The SMILES string of the molecule is CCCCCOC1=CCC(NC2=C(C(C)=N)CCN(c3ccc(N(C)CCCC)cc3)C2=O)=CC=C1C(F)(F)F. The van der Waals surface area contributed by atoms with Gasteiger partial charge in [0.05, 0.1) is 12.2 Å². The second kappa shape index (κ2) is 14.2. The normalized spacial score (nSPS) is 16.2. The van der Waals surface area contributed by atoms with E-state index in [4.69, 9.17) is 10.1 Å². The van der Waals surface area contributed by atoms with E-state index in [1.807, 2.05) is 38.2 Å². The fourth-order valence-corrected chi connectivity index (χ4v) is 4.68. The van der Waals surface area contributed by atoms with Crippen molar-refractivity contribution in [3.8, 4) is 0 Å². The van der Waals surface area contributed by atoms with E-state index in [1.165, 1.54) is 12.2 Å². The molecule has 0 unspecified atom stereocenters. The molecule has 3 rings (SSSR count). The summed E-state index contributed by atoms with van der Waals surface area (Å²) in [6.07, 6.45) is 4.44. The second-order valence-corrected chi connectivity index (χ2v) is 10.2. The summed E-state index contributed by atoms with van der Waals surface area (Å²) in [6.45, 7) is 7.34. The number of nitrogens with one attached hydrogen (secondary N) is 2. The van der Waals surface area contributed by atoms with Gasteiger partial charge in [0.1, 0.15) is 11.5 Å². The van der Waals surface area contributed by atoms with Crippen molar-refractivity contribution in [2.45, 2.75) is 71.9 Å². The lowest BCUT2D eigenvalue weighted by Crippen LogP contribution is -2.42. The zero-order valence-corrected chi connectivity index (χ0v) is 24.0. The number of anilines is 2. The highest BCUT2D eigenvalue weighted by Crippen LogP contribution is 2.34. The fraction of sp³-hybridized carbons (Fsp3) is 0.484. The molecular formula is C31H41F3N4O2. The van der Waals surface area contributed by atoms with Crippen LogP contribution in [0.15, 0.2) is 70.8 Å². The fourth-order valence-electron chi connectivity index (χ4n) is 4.68. The Morgan fingerprint density at radius 1 is 1.10 bits per heavy atom. The van der Waals surface area contributed by atoms with Crippen LogP contribution in [0.25, 0.3) is 0 Å². The molecule has 1 aromatic carbocycles. The Morgan fingerprint density at radius 3 is 2.42 bits per heavy atom. The van der Waals surface area contributed by atoms with E-state index in [9.17, 15) is 18.0 Å². The Balaban J connectivity index is 1.83. The first kappa shape index (κ1) is 31.0. The number of allylic oxidation sites excluding steroid dienone is 4. The van der Waals surface area contributed by atoms with Crippen LogP contribution in [-0.4, -0.2) is 44.5 Å². The molecule has 40 heavy (non-hydrogen) atoms. The molecule has 9 heteroatoms. The van der Waals surface area contributed by atoms with Gasteiger partial charge < -0.3 is 25.3 Å². The van der Waals surface area contributed by atoms with Gasteiger partial charge in [-0.3, -0.25) is 4.79 Å². The van der Waals surface area contributed by atoms with Gasteiger partial charge in [0.15, 0.2) is 0 Å². The largest absolute Gasteiger partial charge is 0.493 e. The highest BCUT2D eigenvalue weighted by atomic mass is 19.4. The lowest BCUT2D eigenvalue weighted by atomic mass is 9.99. The third kappa shape index (κ3) is 8.02. The maximum atomic E-state index is 13.8. The molecule has 0 atom stereocenters. The lowest BCUT2D eigenvalue weighted by Gasteiger charge is -2.31. The van der Waals surface area contributed by atoms with Crippen LogP contribution in [0.1, 0.15) is 65.7 Å². The summed E-state index contributed by atoms with van der Waals surface area (Å²) in [7, 11) is 2.04. The number of ether oxygens (including phenoxy) is 1. The first-order valence-corrected chi connectivity index (χ1v) is 14.1. The quantitative estimate of drug-likeness (QED) is 0.195. The molecule has 1 aliphatic heterocycles. The molecule has 2 aliphatic rings. The third-order valence-corrected chi connectivity index (χ3v) is 7.07. The predicted molar refractivity (Wildman–Crippen MR) is 156 cm³/mol. The number of hydrogen-bond acceptors (Lipinski definition) is 5. The Hall–Kier alpha value is -3.49. The number of halogens is 3. The molecule has 6 nitrogen and oxygen atoms in total. The highest BCUT2D eigenvalue weighted by molar-refractivity contribution is 6.13. The number of carbonyl (C=O) groups excluding carboxylic acids is 1. The number of carbonyl (C=O) groups is 1. The van der Waals surface area contributed by atoms with Crippen molar-refractivity contribution in [1.29, 1.82) is 5.41 Å². The first-order valence-electron chi connectivity index (χ1n) is 14.1. The van der Waals surface area contributed by atoms with Crippen LogP contribution in [0.4, 0.5) is 24.5 Å². The summed E-state index contributed by atoms with van der Waals surface area (Å²) in [5.74, 6) is -0.514. The average molecular weight is 559 g/mol. The minimum atomic E-state index is -4.58.